The molecule has 6 heteroatoms. The van der Waals surface area contributed by atoms with Crippen LogP contribution in [0, 0.1) is 6.92 Å². The van der Waals surface area contributed by atoms with Crippen molar-refractivity contribution in [2.24, 2.45) is 0 Å². The van der Waals surface area contributed by atoms with Gasteiger partial charge in [0.2, 0.25) is 0 Å². The predicted octanol–water partition coefficient (Wildman–Crippen LogP) is 1.48. The van der Waals surface area contributed by atoms with Crippen molar-refractivity contribution >= 4 is 5.91 Å². The van der Waals surface area contributed by atoms with Crippen LogP contribution in [0.3, 0.4) is 0 Å². The highest BCUT2D eigenvalue weighted by Gasteiger charge is 2.18. The van der Waals surface area contributed by atoms with E-state index < -0.39 is 0 Å². The van der Waals surface area contributed by atoms with Gasteiger partial charge >= 0.3 is 0 Å². The first-order chi connectivity index (χ1) is 10.2. The molecule has 110 valence electrons. The highest BCUT2D eigenvalue weighted by Crippen LogP contribution is 2.11. The number of hydrogen-bond acceptors (Lipinski definition) is 4. The number of pyridine rings is 1. The van der Waals surface area contributed by atoms with Gasteiger partial charge in [0.1, 0.15) is 17.8 Å². The number of ether oxygens (including phenoxy) is 1. The predicted molar refractivity (Wildman–Crippen MR) is 77.4 cm³/mol. The molecule has 1 amide bonds. The third kappa shape index (κ3) is 3.28. The Morgan fingerprint density at radius 1 is 1.48 bits per heavy atom. The summed E-state index contributed by atoms with van der Waals surface area (Å²) in [5.41, 5.74) is 1.41. The van der Waals surface area contributed by atoms with Gasteiger partial charge in [-0.25, -0.2) is 9.97 Å². The van der Waals surface area contributed by atoms with Gasteiger partial charge in [0.05, 0.1) is 12.6 Å². The molecule has 6 nitrogen and oxygen atoms in total. The molecule has 2 aromatic heterocycles. The fourth-order valence-corrected chi connectivity index (χ4v) is 2.41. The molecule has 0 aromatic carbocycles. The summed E-state index contributed by atoms with van der Waals surface area (Å²) in [5, 5.41) is 2.98. The van der Waals surface area contributed by atoms with Gasteiger partial charge in [-0.1, -0.05) is 0 Å². The van der Waals surface area contributed by atoms with E-state index in [1.165, 1.54) is 0 Å². The average Bonchev–Trinajstić information content (AvgIpc) is 3.02. The maximum absolute atomic E-state index is 12.3. The van der Waals surface area contributed by atoms with Gasteiger partial charge < -0.3 is 10.1 Å². The standard InChI is InChI=1S/C15H18N4O2/c1-11-7-13(15(20)17-12-3-2-6-21-9-12)18-14(8-11)19-5-4-16-10-19/h4-5,7-8,10,12H,2-3,6,9H2,1H3,(H,17,20)/t12-/m1/s1. The van der Waals surface area contributed by atoms with Gasteiger partial charge in [0.25, 0.3) is 5.91 Å². The van der Waals surface area contributed by atoms with Crippen LogP contribution in [0.15, 0.2) is 30.9 Å². The molecular weight excluding hydrogens is 268 g/mol. The van der Waals surface area contributed by atoms with Crippen molar-refractivity contribution < 1.29 is 9.53 Å². The number of hydrogen-bond donors (Lipinski definition) is 1. The summed E-state index contributed by atoms with van der Waals surface area (Å²) >= 11 is 0. The molecule has 0 unspecified atom stereocenters. The van der Waals surface area contributed by atoms with Crippen LogP contribution in [0.4, 0.5) is 0 Å². The zero-order valence-electron chi connectivity index (χ0n) is 12.0. The Morgan fingerprint density at radius 3 is 3.10 bits per heavy atom. The number of carbonyl (C=O) groups excluding carboxylic acids is 1. The second kappa shape index (κ2) is 6.05. The smallest absolute Gasteiger partial charge is 0.270 e. The summed E-state index contributed by atoms with van der Waals surface area (Å²) in [6.07, 6.45) is 7.08. The van der Waals surface area contributed by atoms with Crippen molar-refractivity contribution in [3.63, 3.8) is 0 Å². The monoisotopic (exact) mass is 286 g/mol. The second-order valence-electron chi connectivity index (χ2n) is 5.25. The molecule has 21 heavy (non-hydrogen) atoms. The van der Waals surface area contributed by atoms with Gasteiger partial charge in [-0.2, -0.15) is 0 Å². The molecule has 1 atom stereocenters. The quantitative estimate of drug-likeness (QED) is 0.928. The highest BCUT2D eigenvalue weighted by molar-refractivity contribution is 5.92. The summed E-state index contributed by atoms with van der Waals surface area (Å²) in [6.45, 7) is 3.30. The molecule has 0 radical (unpaired) electrons. The largest absolute Gasteiger partial charge is 0.379 e. The van der Waals surface area contributed by atoms with Crippen molar-refractivity contribution in [2.75, 3.05) is 13.2 Å². The number of nitrogens with one attached hydrogen (secondary N) is 1. The average molecular weight is 286 g/mol. The minimum absolute atomic E-state index is 0.0743. The zero-order valence-corrected chi connectivity index (χ0v) is 12.0. The first kappa shape index (κ1) is 13.8. The lowest BCUT2D eigenvalue weighted by Gasteiger charge is -2.23. The van der Waals surface area contributed by atoms with Crippen LogP contribution < -0.4 is 5.32 Å². The number of imidazole rings is 1. The van der Waals surface area contributed by atoms with E-state index in [0.717, 1.165) is 25.0 Å². The van der Waals surface area contributed by atoms with Crippen molar-refractivity contribution in [1.82, 2.24) is 19.9 Å². The lowest BCUT2D eigenvalue weighted by molar-refractivity contribution is 0.0622. The minimum Gasteiger partial charge on any atom is -0.379 e. The molecule has 1 saturated heterocycles. The zero-order chi connectivity index (χ0) is 14.7. The molecule has 0 spiro atoms. The van der Waals surface area contributed by atoms with E-state index in [-0.39, 0.29) is 11.9 Å². The highest BCUT2D eigenvalue weighted by atomic mass is 16.5. The van der Waals surface area contributed by atoms with Crippen LogP contribution in [-0.4, -0.2) is 39.7 Å². The minimum atomic E-state index is -0.157. The van der Waals surface area contributed by atoms with E-state index in [0.29, 0.717) is 18.1 Å². The molecular formula is C15H18N4O2. The second-order valence-corrected chi connectivity index (χ2v) is 5.25. The Bertz CT molecular complexity index is 619. The third-order valence-electron chi connectivity index (χ3n) is 3.45. The van der Waals surface area contributed by atoms with Crippen molar-refractivity contribution in [2.45, 2.75) is 25.8 Å². The Labute approximate surface area is 123 Å². The first-order valence-electron chi connectivity index (χ1n) is 7.08. The van der Waals surface area contributed by atoms with E-state index >= 15 is 0 Å². The molecule has 1 aliphatic heterocycles. The van der Waals surface area contributed by atoms with Gasteiger partial charge in [-0.15, -0.1) is 0 Å². The number of rotatable bonds is 3. The Balaban J connectivity index is 1.79. The molecule has 0 aliphatic carbocycles. The van der Waals surface area contributed by atoms with Crippen LogP contribution in [0.2, 0.25) is 0 Å². The Kier molecular flexibility index (Phi) is 3.96. The van der Waals surface area contributed by atoms with Crippen LogP contribution in [0.5, 0.6) is 0 Å². The van der Waals surface area contributed by atoms with Crippen LogP contribution in [0.25, 0.3) is 5.82 Å². The van der Waals surface area contributed by atoms with Crippen molar-refractivity contribution in [3.8, 4) is 5.82 Å². The fourth-order valence-electron chi connectivity index (χ4n) is 2.41. The Hall–Kier alpha value is -2.21. The molecule has 3 rings (SSSR count). The summed E-state index contributed by atoms with van der Waals surface area (Å²) < 4.78 is 7.16. The fraction of sp³-hybridized carbons (Fsp3) is 0.400. The molecule has 1 fully saturated rings. The van der Waals surface area contributed by atoms with Crippen molar-refractivity contribution in [1.29, 1.82) is 0 Å². The summed E-state index contributed by atoms with van der Waals surface area (Å²) in [6, 6.07) is 3.78. The maximum Gasteiger partial charge on any atom is 0.270 e. The summed E-state index contributed by atoms with van der Waals surface area (Å²) in [4.78, 5) is 20.7. The van der Waals surface area contributed by atoms with Gasteiger partial charge in [0, 0.05) is 19.0 Å². The number of aryl methyl sites for hydroxylation is 1. The summed E-state index contributed by atoms with van der Waals surface area (Å²) in [7, 11) is 0. The normalized spacial score (nSPS) is 18.4. The van der Waals surface area contributed by atoms with Gasteiger partial charge in [0.15, 0.2) is 0 Å². The Morgan fingerprint density at radius 2 is 2.38 bits per heavy atom. The van der Waals surface area contributed by atoms with E-state index in [1.807, 2.05) is 13.0 Å². The van der Waals surface area contributed by atoms with Crippen LogP contribution >= 0.6 is 0 Å². The number of aromatic nitrogens is 3. The third-order valence-corrected chi connectivity index (χ3v) is 3.45. The van der Waals surface area contributed by atoms with Gasteiger partial charge in [-0.3, -0.25) is 9.36 Å². The lowest BCUT2D eigenvalue weighted by atomic mass is 10.1. The molecule has 3 heterocycles. The van der Waals surface area contributed by atoms with E-state index in [2.05, 4.69) is 15.3 Å². The van der Waals surface area contributed by atoms with Gasteiger partial charge in [-0.05, 0) is 37.5 Å². The molecule has 0 saturated carbocycles. The SMILES string of the molecule is Cc1cc(C(=O)N[C@@H]2CCCOC2)nc(-n2ccnc2)c1. The van der Waals surface area contributed by atoms with Crippen LogP contribution in [0.1, 0.15) is 28.9 Å². The summed E-state index contributed by atoms with van der Waals surface area (Å²) in [5.74, 6) is 0.535. The molecule has 2 aromatic rings. The number of carbonyl (C=O) groups is 1. The first-order valence-corrected chi connectivity index (χ1v) is 7.08. The van der Waals surface area contributed by atoms with Crippen LogP contribution in [-0.2, 0) is 4.74 Å². The number of nitrogens with zero attached hydrogens (tertiary/aromatic N) is 3. The molecule has 1 aliphatic rings. The topological polar surface area (TPSA) is 69.0 Å². The van der Waals surface area contributed by atoms with E-state index in [4.69, 9.17) is 4.74 Å². The molecule has 1 N–H and O–H groups in total. The number of amides is 1. The van der Waals surface area contributed by atoms with E-state index in [1.54, 1.807) is 29.4 Å². The van der Waals surface area contributed by atoms with Crippen molar-refractivity contribution in [3.05, 3.63) is 42.1 Å². The lowest BCUT2D eigenvalue weighted by Crippen LogP contribution is -2.41. The maximum atomic E-state index is 12.3. The molecule has 0 bridgehead atoms. The van der Waals surface area contributed by atoms with E-state index in [9.17, 15) is 4.79 Å².